The largest absolute Gasteiger partial charge is 0.478 e. The minimum atomic E-state index is -0.954. The van der Waals surface area contributed by atoms with Crippen LogP contribution in [0.25, 0.3) is 0 Å². The van der Waals surface area contributed by atoms with Crippen molar-refractivity contribution in [1.82, 2.24) is 10.3 Å². The molecule has 0 fully saturated rings. The van der Waals surface area contributed by atoms with Gasteiger partial charge in [-0.15, -0.1) is 0 Å². The number of aryl methyl sites for hydroxylation is 1. The van der Waals surface area contributed by atoms with E-state index in [1.807, 2.05) is 0 Å². The van der Waals surface area contributed by atoms with Crippen molar-refractivity contribution in [2.45, 2.75) is 58.0 Å². The van der Waals surface area contributed by atoms with E-state index in [0.717, 1.165) is 25.2 Å². The summed E-state index contributed by atoms with van der Waals surface area (Å²) < 4.78 is 0. The Hall–Kier alpha value is -3.38. The molecule has 3 aromatic rings. The average Bonchev–Trinajstić information content (AvgIpc) is 2.89. The van der Waals surface area contributed by atoms with Gasteiger partial charge < -0.3 is 21.1 Å². The van der Waals surface area contributed by atoms with Crippen molar-refractivity contribution in [3.63, 3.8) is 0 Å². The number of carboxylic acids is 1. The predicted molar refractivity (Wildman–Crippen MR) is 142 cm³/mol. The zero-order chi connectivity index (χ0) is 24.5. The molecule has 1 aromatic heterocycles. The lowest BCUT2D eigenvalue weighted by Crippen LogP contribution is -2.34. The molecule has 0 amide bonds. The number of pyridine rings is 1. The summed E-state index contributed by atoms with van der Waals surface area (Å²) in [6, 6.07) is 17.2. The van der Waals surface area contributed by atoms with Crippen LogP contribution in [-0.4, -0.2) is 29.1 Å². The van der Waals surface area contributed by atoms with Gasteiger partial charge in [0, 0.05) is 31.0 Å². The van der Waals surface area contributed by atoms with Crippen LogP contribution in [0.15, 0.2) is 60.9 Å². The first-order valence-corrected chi connectivity index (χ1v) is 12.7. The van der Waals surface area contributed by atoms with Gasteiger partial charge in [-0.2, -0.15) is 0 Å². The molecule has 0 bridgehead atoms. The summed E-state index contributed by atoms with van der Waals surface area (Å²) in [5, 5.41) is 19.8. The number of anilines is 2. The molecular weight excluding hydrogens is 436 g/mol. The highest BCUT2D eigenvalue weighted by Gasteiger charge is 2.20. The standard InChI is InChI=1S/C29H36N4O2/c1-2-3-4-5-6-21-7-9-22(10-8-21)18-32-24-11-12-25-23(17-24)13-16-31-28(25)20-33-27-19-30-15-14-26(27)29(34)35/h7-12,14-15,17,19,28,31-33H,2-6,13,16,18,20H2,1H3,(H,34,35)/t28-/m0/s1. The number of hydrogen-bond acceptors (Lipinski definition) is 5. The Bertz CT molecular complexity index is 1110. The summed E-state index contributed by atoms with van der Waals surface area (Å²) in [5.74, 6) is -0.954. The van der Waals surface area contributed by atoms with E-state index in [0.29, 0.717) is 12.2 Å². The van der Waals surface area contributed by atoms with E-state index in [4.69, 9.17) is 0 Å². The minimum absolute atomic E-state index is 0.111. The SMILES string of the molecule is CCCCCCc1ccc(CNc2ccc3c(c2)CCN[C@H]3CNc2cnccc2C(=O)O)cc1. The second kappa shape index (κ2) is 12.4. The molecule has 1 aliphatic heterocycles. The van der Waals surface area contributed by atoms with Crippen LogP contribution >= 0.6 is 0 Å². The molecule has 0 aliphatic carbocycles. The Balaban J connectivity index is 1.33. The Kier molecular flexibility index (Phi) is 8.74. The molecule has 0 saturated heterocycles. The predicted octanol–water partition coefficient (Wildman–Crippen LogP) is 5.81. The monoisotopic (exact) mass is 472 g/mol. The van der Waals surface area contributed by atoms with E-state index in [-0.39, 0.29) is 11.6 Å². The second-order valence-corrected chi connectivity index (χ2v) is 9.26. The summed E-state index contributed by atoms with van der Waals surface area (Å²) in [7, 11) is 0. The van der Waals surface area contributed by atoms with Gasteiger partial charge in [0.2, 0.25) is 0 Å². The van der Waals surface area contributed by atoms with Gasteiger partial charge in [0.05, 0.1) is 17.4 Å². The Morgan fingerprint density at radius 3 is 2.69 bits per heavy atom. The molecule has 2 aromatic carbocycles. The van der Waals surface area contributed by atoms with Crippen LogP contribution in [0.5, 0.6) is 0 Å². The van der Waals surface area contributed by atoms with Crippen LogP contribution in [0, 0.1) is 0 Å². The van der Waals surface area contributed by atoms with E-state index in [1.165, 1.54) is 66.6 Å². The van der Waals surface area contributed by atoms with Crippen molar-refractivity contribution in [3.05, 3.63) is 88.7 Å². The molecule has 6 heteroatoms. The number of aromatic carboxylic acids is 1. The lowest BCUT2D eigenvalue weighted by atomic mass is 9.93. The van der Waals surface area contributed by atoms with E-state index in [1.54, 1.807) is 6.20 Å². The van der Waals surface area contributed by atoms with Crippen LogP contribution in [-0.2, 0) is 19.4 Å². The molecule has 0 unspecified atom stereocenters. The van der Waals surface area contributed by atoms with Crippen molar-refractivity contribution < 1.29 is 9.90 Å². The fraction of sp³-hybridized carbons (Fsp3) is 0.379. The molecule has 1 aliphatic rings. The quantitative estimate of drug-likeness (QED) is 0.249. The maximum atomic E-state index is 11.5. The number of carbonyl (C=O) groups is 1. The number of aromatic nitrogens is 1. The van der Waals surface area contributed by atoms with Gasteiger partial charge >= 0.3 is 5.97 Å². The number of fused-ring (bicyclic) bond motifs is 1. The topological polar surface area (TPSA) is 86.3 Å². The van der Waals surface area contributed by atoms with Crippen molar-refractivity contribution in [3.8, 4) is 0 Å². The number of carboxylic acid groups (broad SMARTS) is 1. The smallest absolute Gasteiger partial charge is 0.337 e. The van der Waals surface area contributed by atoms with Crippen molar-refractivity contribution in [1.29, 1.82) is 0 Å². The van der Waals surface area contributed by atoms with Crippen LogP contribution in [0.2, 0.25) is 0 Å². The number of nitrogens with one attached hydrogen (secondary N) is 3. The van der Waals surface area contributed by atoms with Gasteiger partial charge in [0.15, 0.2) is 0 Å². The fourth-order valence-corrected chi connectivity index (χ4v) is 4.66. The molecule has 4 rings (SSSR count). The Morgan fingerprint density at radius 1 is 1.06 bits per heavy atom. The van der Waals surface area contributed by atoms with E-state index in [9.17, 15) is 9.90 Å². The number of unbranched alkanes of at least 4 members (excludes halogenated alkanes) is 3. The van der Waals surface area contributed by atoms with Crippen LogP contribution in [0.3, 0.4) is 0 Å². The number of rotatable bonds is 12. The minimum Gasteiger partial charge on any atom is -0.478 e. The van der Waals surface area contributed by atoms with Crippen LogP contribution < -0.4 is 16.0 Å². The first-order chi connectivity index (χ1) is 17.1. The molecule has 0 saturated carbocycles. The Labute approximate surface area is 208 Å². The number of benzene rings is 2. The molecular formula is C29H36N4O2. The van der Waals surface area contributed by atoms with Gasteiger partial charge in [-0.3, -0.25) is 4.98 Å². The summed E-state index contributed by atoms with van der Waals surface area (Å²) in [6.07, 6.45) is 10.4. The Morgan fingerprint density at radius 2 is 1.89 bits per heavy atom. The number of hydrogen-bond donors (Lipinski definition) is 4. The van der Waals surface area contributed by atoms with Gasteiger partial charge in [-0.05, 0) is 66.3 Å². The van der Waals surface area contributed by atoms with Crippen LogP contribution in [0.4, 0.5) is 11.4 Å². The lowest BCUT2D eigenvalue weighted by Gasteiger charge is -2.28. The zero-order valence-corrected chi connectivity index (χ0v) is 20.5. The summed E-state index contributed by atoms with van der Waals surface area (Å²) in [6.45, 7) is 4.54. The maximum absolute atomic E-state index is 11.5. The van der Waals surface area contributed by atoms with E-state index < -0.39 is 5.97 Å². The van der Waals surface area contributed by atoms with Crippen molar-refractivity contribution in [2.24, 2.45) is 0 Å². The van der Waals surface area contributed by atoms with E-state index in [2.05, 4.69) is 70.3 Å². The first kappa shape index (κ1) is 24.7. The van der Waals surface area contributed by atoms with Gasteiger partial charge in [0.25, 0.3) is 0 Å². The third-order valence-corrected chi connectivity index (χ3v) is 6.69. The molecule has 35 heavy (non-hydrogen) atoms. The normalized spacial score (nSPS) is 14.8. The first-order valence-electron chi connectivity index (χ1n) is 12.7. The summed E-state index contributed by atoms with van der Waals surface area (Å²) >= 11 is 0. The summed E-state index contributed by atoms with van der Waals surface area (Å²) in [4.78, 5) is 15.5. The summed E-state index contributed by atoms with van der Waals surface area (Å²) in [5.41, 5.74) is 7.19. The van der Waals surface area contributed by atoms with Gasteiger partial charge in [-0.1, -0.05) is 56.5 Å². The highest BCUT2D eigenvalue weighted by Crippen LogP contribution is 2.27. The average molecular weight is 473 g/mol. The molecule has 1 atom stereocenters. The fourth-order valence-electron chi connectivity index (χ4n) is 4.66. The highest BCUT2D eigenvalue weighted by molar-refractivity contribution is 5.93. The maximum Gasteiger partial charge on any atom is 0.337 e. The van der Waals surface area contributed by atoms with Crippen molar-refractivity contribution in [2.75, 3.05) is 23.7 Å². The third kappa shape index (κ3) is 6.83. The molecule has 4 N–H and O–H groups in total. The number of nitrogens with zero attached hydrogens (tertiary/aromatic N) is 1. The lowest BCUT2D eigenvalue weighted by molar-refractivity contribution is 0.0697. The molecule has 184 valence electrons. The van der Waals surface area contributed by atoms with Gasteiger partial charge in [-0.25, -0.2) is 4.79 Å². The molecule has 0 radical (unpaired) electrons. The van der Waals surface area contributed by atoms with Crippen LogP contribution in [0.1, 0.15) is 71.3 Å². The second-order valence-electron chi connectivity index (χ2n) is 9.26. The van der Waals surface area contributed by atoms with Crippen molar-refractivity contribution >= 4 is 17.3 Å². The molecule has 6 nitrogen and oxygen atoms in total. The molecule has 0 spiro atoms. The highest BCUT2D eigenvalue weighted by atomic mass is 16.4. The third-order valence-electron chi connectivity index (χ3n) is 6.69. The van der Waals surface area contributed by atoms with Gasteiger partial charge in [0.1, 0.15) is 0 Å². The van der Waals surface area contributed by atoms with E-state index >= 15 is 0 Å². The molecule has 2 heterocycles. The zero-order valence-electron chi connectivity index (χ0n) is 20.5.